The Hall–Kier alpha value is -4.06. The minimum absolute atomic E-state index is 0.291. The number of halogens is 1. The molecule has 4 aromatic rings. The molecule has 33 heavy (non-hydrogen) atoms. The highest BCUT2D eigenvalue weighted by molar-refractivity contribution is 5.80. The lowest BCUT2D eigenvalue weighted by Crippen LogP contribution is -2.00. The van der Waals surface area contributed by atoms with E-state index in [4.69, 9.17) is 4.74 Å². The lowest BCUT2D eigenvalue weighted by Gasteiger charge is -2.08. The molecule has 0 bridgehead atoms. The van der Waals surface area contributed by atoms with E-state index in [1.807, 2.05) is 60.7 Å². The molecule has 166 valence electrons. The number of ether oxygens (including phenoxy) is 1. The number of benzene rings is 3. The monoisotopic (exact) mass is 440 g/mol. The van der Waals surface area contributed by atoms with Crippen LogP contribution in [0.15, 0.2) is 90.0 Å². The molecule has 0 unspecified atom stereocenters. The number of unbranched alkanes of at least 4 members (excludes halogenated alkanes) is 1. The molecule has 1 N–H and O–H groups in total. The zero-order valence-corrected chi connectivity index (χ0v) is 18.4. The number of hydrazone groups is 1. The average Bonchev–Trinajstić information content (AvgIpc) is 2.86. The van der Waals surface area contributed by atoms with Gasteiger partial charge in [-0.05, 0) is 66.6 Å². The summed E-state index contributed by atoms with van der Waals surface area (Å²) in [5.74, 6) is 0.906. The van der Waals surface area contributed by atoms with Crippen LogP contribution in [0.2, 0.25) is 0 Å². The molecule has 0 spiro atoms. The van der Waals surface area contributed by atoms with Crippen LogP contribution in [0.1, 0.15) is 25.3 Å². The van der Waals surface area contributed by atoms with Gasteiger partial charge in [-0.15, -0.1) is 0 Å². The molecule has 0 amide bonds. The minimum Gasteiger partial charge on any atom is -0.494 e. The molecule has 0 atom stereocenters. The first-order valence-electron chi connectivity index (χ1n) is 10.9. The summed E-state index contributed by atoms with van der Waals surface area (Å²) in [5.41, 5.74) is 7.01. The van der Waals surface area contributed by atoms with Gasteiger partial charge in [-0.1, -0.05) is 43.7 Å². The first-order valence-corrected chi connectivity index (χ1v) is 10.9. The van der Waals surface area contributed by atoms with E-state index < -0.39 is 0 Å². The summed E-state index contributed by atoms with van der Waals surface area (Å²) in [6.07, 6.45) is 3.84. The van der Waals surface area contributed by atoms with E-state index in [9.17, 15) is 4.39 Å². The third-order valence-electron chi connectivity index (χ3n) is 4.96. The van der Waals surface area contributed by atoms with Gasteiger partial charge < -0.3 is 4.74 Å². The Morgan fingerprint density at radius 3 is 2.21 bits per heavy atom. The number of hydrogen-bond donors (Lipinski definition) is 1. The van der Waals surface area contributed by atoms with Crippen LogP contribution >= 0.6 is 0 Å². The van der Waals surface area contributed by atoms with Crippen LogP contribution in [0.3, 0.4) is 0 Å². The molecular formula is C27H25FN4O. The normalized spacial score (nSPS) is 11.0. The highest BCUT2D eigenvalue weighted by Crippen LogP contribution is 2.25. The van der Waals surface area contributed by atoms with Crippen LogP contribution in [-0.2, 0) is 0 Å². The van der Waals surface area contributed by atoms with Gasteiger partial charge in [-0.3, -0.25) is 0 Å². The van der Waals surface area contributed by atoms with Crippen LogP contribution < -0.4 is 10.2 Å². The number of aromatic nitrogens is 2. The largest absolute Gasteiger partial charge is 0.494 e. The number of rotatable bonds is 9. The van der Waals surface area contributed by atoms with Crippen LogP contribution in [0, 0.1) is 5.82 Å². The van der Waals surface area contributed by atoms with Gasteiger partial charge in [0.25, 0.3) is 0 Å². The Bertz CT molecular complexity index is 1190. The Morgan fingerprint density at radius 2 is 1.55 bits per heavy atom. The summed E-state index contributed by atoms with van der Waals surface area (Å²) in [7, 11) is 0. The highest BCUT2D eigenvalue weighted by atomic mass is 19.1. The average molecular weight is 441 g/mol. The number of nitrogens with zero attached hydrogens (tertiary/aromatic N) is 3. The second-order valence-corrected chi connectivity index (χ2v) is 7.48. The van der Waals surface area contributed by atoms with Gasteiger partial charge >= 0.3 is 0 Å². The fourth-order valence-electron chi connectivity index (χ4n) is 3.17. The zero-order valence-electron chi connectivity index (χ0n) is 18.4. The van der Waals surface area contributed by atoms with E-state index in [2.05, 4.69) is 27.4 Å². The first kappa shape index (κ1) is 22.1. The Labute approximate surface area is 193 Å². The molecule has 0 saturated carbocycles. The van der Waals surface area contributed by atoms with Crippen LogP contribution in [0.25, 0.3) is 22.5 Å². The van der Waals surface area contributed by atoms with Crippen LogP contribution in [0.4, 0.5) is 10.3 Å². The molecule has 0 aliphatic heterocycles. The third-order valence-corrected chi connectivity index (χ3v) is 4.96. The van der Waals surface area contributed by atoms with Gasteiger partial charge in [0.05, 0.1) is 24.2 Å². The minimum atomic E-state index is -0.291. The fraction of sp³-hybridized carbons (Fsp3) is 0.148. The van der Waals surface area contributed by atoms with Crippen molar-refractivity contribution in [2.75, 3.05) is 12.0 Å². The molecule has 3 aromatic carbocycles. The Kier molecular flexibility index (Phi) is 7.38. The predicted molar refractivity (Wildman–Crippen MR) is 131 cm³/mol. The van der Waals surface area contributed by atoms with Crippen molar-refractivity contribution in [2.45, 2.75) is 19.8 Å². The summed E-state index contributed by atoms with van der Waals surface area (Å²) in [6, 6.07) is 25.7. The van der Waals surface area contributed by atoms with Crippen molar-refractivity contribution in [1.82, 2.24) is 9.97 Å². The standard InChI is InChI=1S/C27H25FN4O/c1-2-3-17-33-24-15-9-20(10-16-24)19-29-32-27-30-25(21-7-5-4-6-8-21)18-26(31-27)22-11-13-23(28)14-12-22/h4-16,18-19H,2-3,17H2,1H3,(H,30,31,32)/b29-19+. The summed E-state index contributed by atoms with van der Waals surface area (Å²) in [5, 5.41) is 4.30. The molecular weight excluding hydrogens is 415 g/mol. The topological polar surface area (TPSA) is 59.4 Å². The summed E-state index contributed by atoms with van der Waals surface area (Å²) in [6.45, 7) is 2.86. The number of anilines is 1. The van der Waals surface area contributed by atoms with Gasteiger partial charge in [0.15, 0.2) is 0 Å². The van der Waals surface area contributed by atoms with Crippen molar-refractivity contribution in [1.29, 1.82) is 0 Å². The summed E-state index contributed by atoms with van der Waals surface area (Å²) in [4.78, 5) is 9.17. The Morgan fingerprint density at radius 1 is 0.879 bits per heavy atom. The predicted octanol–water partition coefficient (Wildman–Crippen LogP) is 6.57. The molecule has 4 rings (SSSR count). The van der Waals surface area contributed by atoms with Crippen molar-refractivity contribution in [2.24, 2.45) is 5.10 Å². The maximum atomic E-state index is 13.4. The summed E-state index contributed by atoms with van der Waals surface area (Å²) < 4.78 is 19.1. The SMILES string of the molecule is CCCCOc1ccc(/C=N/Nc2nc(-c3ccccc3)cc(-c3ccc(F)cc3)n2)cc1. The van der Waals surface area contributed by atoms with Gasteiger partial charge in [-0.2, -0.15) is 5.10 Å². The van der Waals surface area contributed by atoms with E-state index >= 15 is 0 Å². The molecule has 1 heterocycles. The third kappa shape index (κ3) is 6.23. The number of nitrogens with one attached hydrogen (secondary N) is 1. The van der Waals surface area contributed by atoms with Crippen LogP contribution in [0.5, 0.6) is 5.75 Å². The van der Waals surface area contributed by atoms with Gasteiger partial charge in [-0.25, -0.2) is 19.8 Å². The second kappa shape index (κ2) is 11.0. The maximum Gasteiger partial charge on any atom is 0.244 e. The lowest BCUT2D eigenvalue weighted by molar-refractivity contribution is 0.309. The first-order chi connectivity index (χ1) is 16.2. The molecule has 0 radical (unpaired) electrons. The van der Waals surface area contributed by atoms with E-state index in [0.717, 1.165) is 47.6 Å². The van der Waals surface area contributed by atoms with Crippen molar-refractivity contribution in [3.8, 4) is 28.3 Å². The Balaban J connectivity index is 1.54. The van der Waals surface area contributed by atoms with E-state index in [-0.39, 0.29) is 5.82 Å². The van der Waals surface area contributed by atoms with Crippen molar-refractivity contribution < 1.29 is 9.13 Å². The molecule has 0 fully saturated rings. The molecule has 0 saturated heterocycles. The maximum absolute atomic E-state index is 13.4. The van der Waals surface area contributed by atoms with Gasteiger partial charge in [0.2, 0.25) is 5.95 Å². The zero-order chi connectivity index (χ0) is 22.9. The second-order valence-electron chi connectivity index (χ2n) is 7.48. The number of hydrogen-bond acceptors (Lipinski definition) is 5. The van der Waals surface area contributed by atoms with Crippen LogP contribution in [-0.4, -0.2) is 22.8 Å². The van der Waals surface area contributed by atoms with Gasteiger partial charge in [0.1, 0.15) is 11.6 Å². The smallest absolute Gasteiger partial charge is 0.244 e. The van der Waals surface area contributed by atoms with Crippen molar-refractivity contribution in [3.05, 3.63) is 96.3 Å². The quantitative estimate of drug-likeness (QED) is 0.182. The summed E-state index contributed by atoms with van der Waals surface area (Å²) >= 11 is 0. The van der Waals surface area contributed by atoms with Crippen molar-refractivity contribution >= 4 is 12.2 Å². The van der Waals surface area contributed by atoms with E-state index in [1.54, 1.807) is 18.3 Å². The molecule has 6 heteroatoms. The lowest BCUT2D eigenvalue weighted by atomic mass is 10.1. The van der Waals surface area contributed by atoms with Crippen molar-refractivity contribution in [3.63, 3.8) is 0 Å². The molecule has 5 nitrogen and oxygen atoms in total. The highest BCUT2D eigenvalue weighted by Gasteiger charge is 2.08. The molecule has 1 aromatic heterocycles. The fourth-order valence-corrected chi connectivity index (χ4v) is 3.17. The molecule has 0 aliphatic carbocycles. The van der Waals surface area contributed by atoms with E-state index in [1.165, 1.54) is 12.1 Å². The molecule has 0 aliphatic rings. The van der Waals surface area contributed by atoms with E-state index in [0.29, 0.717) is 11.6 Å². The van der Waals surface area contributed by atoms with Gasteiger partial charge in [0, 0.05) is 11.1 Å².